The number of hydrogen-bond donors (Lipinski definition) is 3. The molecule has 11 heteroatoms. The number of phenols is 2. The molecule has 2 aliphatic rings. The predicted octanol–water partition coefficient (Wildman–Crippen LogP) is 2.58. The van der Waals surface area contributed by atoms with Crippen LogP contribution < -0.4 is 5.32 Å². The van der Waals surface area contributed by atoms with E-state index in [0.29, 0.717) is 23.5 Å². The third-order valence-electron chi connectivity index (χ3n) is 8.70. The minimum atomic E-state index is -0.326. The summed E-state index contributed by atoms with van der Waals surface area (Å²) in [5.74, 6) is 0.0795. The van der Waals surface area contributed by atoms with Crippen LogP contribution in [0.3, 0.4) is 0 Å². The maximum absolute atomic E-state index is 13.5. The number of likely N-dealkylation sites (N-methyl/N-ethyl adjacent to an activating group) is 2. The van der Waals surface area contributed by atoms with E-state index in [1.165, 1.54) is 11.6 Å². The Morgan fingerprint density at radius 3 is 2.19 bits per heavy atom. The lowest BCUT2D eigenvalue weighted by molar-refractivity contribution is 0.0928. The van der Waals surface area contributed by atoms with Gasteiger partial charge in [-0.1, -0.05) is 32.9 Å². The highest BCUT2D eigenvalue weighted by Crippen LogP contribution is 2.38. The van der Waals surface area contributed by atoms with Crippen LogP contribution in [0.25, 0.3) is 17.1 Å². The molecular weight excluding hydrogens is 544 g/mol. The Hall–Kier alpha value is -3.51. The summed E-state index contributed by atoms with van der Waals surface area (Å²) in [5, 5.41) is 33.1. The molecule has 2 fully saturated rings. The van der Waals surface area contributed by atoms with Gasteiger partial charge in [0.15, 0.2) is 5.82 Å². The topological polar surface area (TPSA) is 113 Å². The average Bonchev–Trinajstić information content (AvgIpc) is 3.44. The molecule has 0 unspecified atom stereocenters. The molecule has 3 aromatic rings. The lowest BCUT2D eigenvalue weighted by Gasteiger charge is -2.34. The van der Waals surface area contributed by atoms with Crippen molar-refractivity contribution in [2.45, 2.75) is 33.2 Å². The number of nitrogens with zero attached hydrogens (tertiary/aromatic N) is 7. The van der Waals surface area contributed by atoms with E-state index in [0.717, 1.165) is 77.7 Å². The molecule has 5 rings (SSSR count). The van der Waals surface area contributed by atoms with E-state index in [2.05, 4.69) is 61.2 Å². The number of phenolic OH excluding ortho intramolecular Hbond substituents is 2. The van der Waals surface area contributed by atoms with E-state index in [9.17, 15) is 15.0 Å². The second-order valence-electron chi connectivity index (χ2n) is 12.0. The molecule has 0 atom stereocenters. The van der Waals surface area contributed by atoms with Gasteiger partial charge >= 0.3 is 0 Å². The highest BCUT2D eigenvalue weighted by Gasteiger charge is 2.25. The van der Waals surface area contributed by atoms with Gasteiger partial charge in [0.1, 0.15) is 11.5 Å². The summed E-state index contributed by atoms with van der Waals surface area (Å²) in [5.41, 5.74) is 3.00. The Balaban J connectivity index is 1.41. The zero-order valence-electron chi connectivity index (χ0n) is 26.0. The standard InChI is InChI=1S/C32H46N8O3/c1-5-37-16-18-39(19-17-37)22-24-6-8-25(9-7-24)40-30(27-20-26(23(2)3)28(41)21-29(27)42)34-35-31(40)32(43)33-10-11-38-14-12-36(4)13-15-38/h6-9,20-21,23,41-42H,5,10-19,22H2,1-4H3,(H,33,43). The molecule has 232 valence electrons. The number of aromatic nitrogens is 3. The molecule has 1 amide bonds. The molecule has 1 aromatic heterocycles. The minimum Gasteiger partial charge on any atom is -0.508 e. The lowest BCUT2D eigenvalue weighted by atomic mass is 9.98. The summed E-state index contributed by atoms with van der Waals surface area (Å²) >= 11 is 0. The van der Waals surface area contributed by atoms with Gasteiger partial charge in [-0.3, -0.25) is 19.2 Å². The van der Waals surface area contributed by atoms with Gasteiger partial charge in [-0.05, 0) is 48.8 Å². The molecule has 0 saturated carbocycles. The largest absolute Gasteiger partial charge is 0.508 e. The fourth-order valence-corrected chi connectivity index (χ4v) is 5.84. The fourth-order valence-electron chi connectivity index (χ4n) is 5.84. The molecule has 3 heterocycles. The van der Waals surface area contributed by atoms with Crippen molar-refractivity contribution in [3.8, 4) is 28.6 Å². The Morgan fingerprint density at radius 1 is 0.884 bits per heavy atom. The molecule has 43 heavy (non-hydrogen) atoms. The molecule has 0 spiro atoms. The van der Waals surface area contributed by atoms with Crippen LogP contribution in [0, 0.1) is 0 Å². The van der Waals surface area contributed by atoms with Crippen LogP contribution in [0.4, 0.5) is 0 Å². The number of piperazine rings is 2. The van der Waals surface area contributed by atoms with Crippen LogP contribution in [0.1, 0.15) is 48.4 Å². The van der Waals surface area contributed by atoms with Crippen LogP contribution in [0.2, 0.25) is 0 Å². The number of hydrogen-bond acceptors (Lipinski definition) is 9. The first-order chi connectivity index (χ1) is 20.7. The monoisotopic (exact) mass is 590 g/mol. The van der Waals surface area contributed by atoms with E-state index < -0.39 is 0 Å². The quantitative estimate of drug-likeness (QED) is 0.328. The first-order valence-electron chi connectivity index (χ1n) is 15.5. The van der Waals surface area contributed by atoms with Crippen LogP contribution in [0.15, 0.2) is 36.4 Å². The number of benzene rings is 2. The third-order valence-corrected chi connectivity index (χ3v) is 8.70. The van der Waals surface area contributed by atoms with E-state index in [4.69, 9.17) is 0 Å². The van der Waals surface area contributed by atoms with Crippen molar-refractivity contribution in [1.82, 2.24) is 39.7 Å². The molecule has 0 bridgehead atoms. The number of aromatic hydroxyl groups is 2. The number of rotatable bonds is 10. The van der Waals surface area contributed by atoms with Crippen LogP contribution in [0.5, 0.6) is 11.5 Å². The Kier molecular flexibility index (Phi) is 9.97. The van der Waals surface area contributed by atoms with Gasteiger partial charge in [0, 0.05) is 83.7 Å². The van der Waals surface area contributed by atoms with Gasteiger partial charge in [-0.2, -0.15) is 0 Å². The van der Waals surface area contributed by atoms with Crippen molar-refractivity contribution in [3.63, 3.8) is 0 Å². The first-order valence-corrected chi connectivity index (χ1v) is 15.5. The number of carbonyl (C=O) groups excluding carboxylic acids is 1. The first kappa shape index (κ1) is 30.9. The summed E-state index contributed by atoms with van der Waals surface area (Å²) in [6, 6.07) is 11.2. The van der Waals surface area contributed by atoms with Gasteiger partial charge in [0.2, 0.25) is 5.82 Å². The summed E-state index contributed by atoms with van der Waals surface area (Å²) in [4.78, 5) is 23.1. The Labute approximate surface area is 254 Å². The van der Waals surface area contributed by atoms with E-state index in [-0.39, 0.29) is 29.1 Å². The van der Waals surface area contributed by atoms with Crippen molar-refractivity contribution in [1.29, 1.82) is 0 Å². The van der Waals surface area contributed by atoms with Crippen molar-refractivity contribution in [3.05, 3.63) is 53.3 Å². The van der Waals surface area contributed by atoms with Crippen molar-refractivity contribution in [2.75, 3.05) is 79.0 Å². The number of amides is 1. The van der Waals surface area contributed by atoms with E-state index in [1.807, 2.05) is 26.0 Å². The SMILES string of the molecule is CCN1CCN(Cc2ccc(-n3c(C(=O)NCCN4CCN(C)CC4)nnc3-c3cc(C(C)C)c(O)cc3O)cc2)CC1. The number of carbonyl (C=O) groups is 1. The van der Waals surface area contributed by atoms with Crippen molar-refractivity contribution in [2.24, 2.45) is 0 Å². The van der Waals surface area contributed by atoms with Crippen LogP contribution >= 0.6 is 0 Å². The minimum absolute atomic E-state index is 0.0199. The lowest BCUT2D eigenvalue weighted by Crippen LogP contribution is -2.47. The summed E-state index contributed by atoms with van der Waals surface area (Å²) in [6.07, 6.45) is 0. The van der Waals surface area contributed by atoms with Gasteiger partial charge in [0.25, 0.3) is 5.91 Å². The second kappa shape index (κ2) is 13.9. The van der Waals surface area contributed by atoms with Crippen molar-refractivity contribution >= 4 is 5.91 Å². The normalized spacial score (nSPS) is 17.5. The Bertz CT molecular complexity index is 1370. The number of nitrogens with one attached hydrogen (secondary N) is 1. The van der Waals surface area contributed by atoms with E-state index >= 15 is 0 Å². The van der Waals surface area contributed by atoms with Crippen LogP contribution in [-0.2, 0) is 6.54 Å². The maximum atomic E-state index is 13.5. The summed E-state index contributed by atoms with van der Waals surface area (Å²) in [6.45, 7) is 17.6. The zero-order chi connectivity index (χ0) is 30.5. The van der Waals surface area contributed by atoms with Crippen LogP contribution in [-0.4, -0.2) is 130 Å². The highest BCUT2D eigenvalue weighted by atomic mass is 16.3. The zero-order valence-corrected chi connectivity index (χ0v) is 26.0. The molecular formula is C32H46N8O3. The van der Waals surface area contributed by atoms with Gasteiger partial charge in [0.05, 0.1) is 5.56 Å². The molecule has 0 radical (unpaired) electrons. The average molecular weight is 591 g/mol. The molecule has 3 N–H and O–H groups in total. The van der Waals surface area contributed by atoms with Gasteiger partial charge < -0.3 is 25.3 Å². The smallest absolute Gasteiger partial charge is 0.289 e. The molecule has 2 aromatic carbocycles. The molecule has 2 aliphatic heterocycles. The molecule has 2 saturated heterocycles. The van der Waals surface area contributed by atoms with Gasteiger partial charge in [-0.15, -0.1) is 10.2 Å². The second-order valence-corrected chi connectivity index (χ2v) is 12.0. The summed E-state index contributed by atoms with van der Waals surface area (Å²) < 4.78 is 1.70. The van der Waals surface area contributed by atoms with Gasteiger partial charge in [-0.25, -0.2) is 0 Å². The summed E-state index contributed by atoms with van der Waals surface area (Å²) in [7, 11) is 2.12. The highest BCUT2D eigenvalue weighted by molar-refractivity contribution is 5.92. The maximum Gasteiger partial charge on any atom is 0.289 e. The Morgan fingerprint density at radius 2 is 1.53 bits per heavy atom. The fraction of sp³-hybridized carbons (Fsp3) is 0.531. The predicted molar refractivity (Wildman–Crippen MR) is 168 cm³/mol. The molecule has 0 aliphatic carbocycles. The molecule has 11 nitrogen and oxygen atoms in total. The third kappa shape index (κ3) is 7.35. The van der Waals surface area contributed by atoms with Crippen molar-refractivity contribution < 1.29 is 15.0 Å². The van der Waals surface area contributed by atoms with E-state index in [1.54, 1.807) is 10.6 Å².